The lowest BCUT2D eigenvalue weighted by Gasteiger charge is -2.20. The number of hydrogen-bond acceptors (Lipinski definition) is 3. The number of hydrogen-bond donors (Lipinski definition) is 1. The third-order valence-corrected chi connectivity index (χ3v) is 4.67. The SMILES string of the molecule is CCNC(=NCCc1nc(CC)c(C)s1)N1CCCC1.I. The van der Waals surface area contributed by atoms with Gasteiger partial charge in [0, 0.05) is 37.5 Å². The van der Waals surface area contributed by atoms with Gasteiger partial charge in [0.25, 0.3) is 0 Å². The quantitative estimate of drug-likeness (QED) is 0.450. The van der Waals surface area contributed by atoms with Gasteiger partial charge in [-0.3, -0.25) is 4.99 Å². The van der Waals surface area contributed by atoms with Crippen LogP contribution in [0.2, 0.25) is 0 Å². The monoisotopic (exact) mass is 422 g/mol. The van der Waals surface area contributed by atoms with Crippen LogP contribution in [0.25, 0.3) is 0 Å². The van der Waals surface area contributed by atoms with Crippen molar-refractivity contribution in [3.63, 3.8) is 0 Å². The van der Waals surface area contributed by atoms with Crippen molar-refractivity contribution in [2.24, 2.45) is 4.99 Å². The molecule has 0 spiro atoms. The second kappa shape index (κ2) is 9.61. The first-order valence-corrected chi connectivity index (χ1v) is 8.54. The first-order valence-electron chi connectivity index (χ1n) is 7.73. The smallest absolute Gasteiger partial charge is 0.193 e. The summed E-state index contributed by atoms with van der Waals surface area (Å²) in [5.41, 5.74) is 1.25. The molecule has 21 heavy (non-hydrogen) atoms. The van der Waals surface area contributed by atoms with Crippen LogP contribution in [0.3, 0.4) is 0 Å². The minimum absolute atomic E-state index is 0. The van der Waals surface area contributed by atoms with Crippen molar-refractivity contribution < 1.29 is 0 Å². The third-order valence-electron chi connectivity index (χ3n) is 3.60. The summed E-state index contributed by atoms with van der Waals surface area (Å²) in [6.45, 7) is 10.5. The molecule has 0 aromatic carbocycles. The number of nitrogens with one attached hydrogen (secondary N) is 1. The van der Waals surface area contributed by atoms with Gasteiger partial charge in [0.1, 0.15) is 0 Å². The summed E-state index contributed by atoms with van der Waals surface area (Å²) in [6, 6.07) is 0. The average Bonchev–Trinajstić information content (AvgIpc) is 3.07. The Kier molecular flexibility index (Phi) is 8.55. The van der Waals surface area contributed by atoms with Crippen LogP contribution in [-0.4, -0.2) is 42.0 Å². The van der Waals surface area contributed by atoms with Gasteiger partial charge in [-0.1, -0.05) is 6.92 Å². The van der Waals surface area contributed by atoms with E-state index in [1.807, 2.05) is 11.3 Å². The van der Waals surface area contributed by atoms with Crippen molar-refractivity contribution >= 4 is 41.3 Å². The van der Waals surface area contributed by atoms with Gasteiger partial charge >= 0.3 is 0 Å². The minimum Gasteiger partial charge on any atom is -0.357 e. The lowest BCUT2D eigenvalue weighted by Crippen LogP contribution is -2.39. The molecule has 1 fully saturated rings. The minimum atomic E-state index is 0. The van der Waals surface area contributed by atoms with Crippen LogP contribution in [0.5, 0.6) is 0 Å². The molecular weight excluding hydrogens is 395 g/mol. The van der Waals surface area contributed by atoms with Crippen LogP contribution in [0, 0.1) is 6.92 Å². The largest absolute Gasteiger partial charge is 0.357 e. The van der Waals surface area contributed by atoms with E-state index < -0.39 is 0 Å². The van der Waals surface area contributed by atoms with E-state index in [1.54, 1.807) is 0 Å². The molecule has 0 aliphatic carbocycles. The van der Waals surface area contributed by atoms with Crippen molar-refractivity contribution in [1.82, 2.24) is 15.2 Å². The molecule has 4 nitrogen and oxygen atoms in total. The maximum Gasteiger partial charge on any atom is 0.193 e. The van der Waals surface area contributed by atoms with E-state index in [4.69, 9.17) is 4.99 Å². The summed E-state index contributed by atoms with van der Waals surface area (Å²) < 4.78 is 0. The Morgan fingerprint density at radius 2 is 2.05 bits per heavy atom. The molecule has 1 aliphatic heterocycles. The van der Waals surface area contributed by atoms with E-state index in [2.05, 4.69) is 36.0 Å². The number of guanidine groups is 1. The number of aromatic nitrogens is 1. The predicted octanol–water partition coefficient (Wildman–Crippen LogP) is 3.24. The highest BCUT2D eigenvalue weighted by atomic mass is 127. The Hall–Kier alpha value is -0.370. The van der Waals surface area contributed by atoms with E-state index in [0.717, 1.165) is 45.0 Å². The molecule has 1 aromatic heterocycles. The molecule has 1 aromatic rings. The Morgan fingerprint density at radius 1 is 1.33 bits per heavy atom. The van der Waals surface area contributed by atoms with Crippen LogP contribution >= 0.6 is 35.3 Å². The number of rotatable bonds is 5. The molecule has 1 aliphatic rings. The number of halogens is 1. The van der Waals surface area contributed by atoms with Gasteiger partial charge in [-0.15, -0.1) is 35.3 Å². The number of aliphatic imine (C=N–C) groups is 1. The highest BCUT2D eigenvalue weighted by molar-refractivity contribution is 14.0. The fourth-order valence-corrected chi connectivity index (χ4v) is 3.55. The van der Waals surface area contributed by atoms with Gasteiger partial charge in [-0.25, -0.2) is 4.98 Å². The zero-order chi connectivity index (χ0) is 14.4. The van der Waals surface area contributed by atoms with Crippen LogP contribution in [-0.2, 0) is 12.8 Å². The summed E-state index contributed by atoms with van der Waals surface area (Å²) in [7, 11) is 0. The summed E-state index contributed by atoms with van der Waals surface area (Å²) in [6.07, 6.45) is 4.56. The van der Waals surface area contributed by atoms with Crippen molar-refractivity contribution in [3.8, 4) is 0 Å². The normalized spacial score (nSPS) is 15.2. The second-order valence-corrected chi connectivity index (χ2v) is 6.43. The van der Waals surface area contributed by atoms with E-state index in [9.17, 15) is 0 Å². The molecule has 2 heterocycles. The standard InChI is InChI=1S/C15H26N4S.HI/c1-4-13-12(3)20-14(18-13)8-9-17-15(16-5-2)19-10-6-7-11-19;/h4-11H2,1-3H3,(H,16,17);1H. The predicted molar refractivity (Wildman–Crippen MR) is 102 cm³/mol. The van der Waals surface area contributed by atoms with Crippen molar-refractivity contribution in [2.75, 3.05) is 26.2 Å². The zero-order valence-electron chi connectivity index (χ0n) is 13.3. The molecule has 1 saturated heterocycles. The first kappa shape index (κ1) is 18.7. The van der Waals surface area contributed by atoms with Crippen LogP contribution in [0.4, 0.5) is 0 Å². The maximum atomic E-state index is 4.75. The van der Waals surface area contributed by atoms with Crippen molar-refractivity contribution in [2.45, 2.75) is 46.5 Å². The molecule has 0 saturated carbocycles. The Labute approximate surface area is 149 Å². The molecule has 120 valence electrons. The Bertz CT molecular complexity index is 453. The first-order chi connectivity index (χ1) is 9.74. The summed E-state index contributed by atoms with van der Waals surface area (Å²) in [5, 5.41) is 4.62. The molecule has 0 atom stereocenters. The van der Waals surface area contributed by atoms with Gasteiger partial charge in [-0.05, 0) is 33.1 Å². The topological polar surface area (TPSA) is 40.5 Å². The molecule has 1 N–H and O–H groups in total. The number of aryl methyl sites for hydroxylation is 2. The zero-order valence-corrected chi connectivity index (χ0v) is 16.5. The summed E-state index contributed by atoms with van der Waals surface area (Å²) in [4.78, 5) is 13.2. The van der Waals surface area contributed by atoms with E-state index in [0.29, 0.717) is 0 Å². The molecule has 0 unspecified atom stereocenters. The number of likely N-dealkylation sites (tertiary alicyclic amines) is 1. The van der Waals surface area contributed by atoms with Gasteiger partial charge in [0.05, 0.1) is 10.7 Å². The van der Waals surface area contributed by atoms with Crippen LogP contribution in [0.15, 0.2) is 4.99 Å². The second-order valence-electron chi connectivity index (χ2n) is 5.14. The highest BCUT2D eigenvalue weighted by Gasteiger charge is 2.15. The molecule has 0 amide bonds. The molecule has 6 heteroatoms. The number of nitrogens with zero attached hydrogens (tertiary/aromatic N) is 3. The van der Waals surface area contributed by atoms with Crippen LogP contribution < -0.4 is 5.32 Å². The molecule has 2 rings (SSSR count). The fraction of sp³-hybridized carbons (Fsp3) is 0.733. The van der Waals surface area contributed by atoms with Gasteiger partial charge < -0.3 is 10.2 Å². The van der Waals surface area contributed by atoms with Crippen LogP contribution in [0.1, 0.15) is 42.3 Å². The van der Waals surface area contributed by atoms with Gasteiger partial charge in [0.2, 0.25) is 0 Å². The molecule has 0 radical (unpaired) electrons. The van der Waals surface area contributed by atoms with E-state index in [1.165, 1.54) is 28.4 Å². The Morgan fingerprint density at radius 3 is 2.62 bits per heavy atom. The number of thiazole rings is 1. The lowest BCUT2D eigenvalue weighted by molar-refractivity contribution is 0.494. The fourth-order valence-electron chi connectivity index (χ4n) is 2.53. The summed E-state index contributed by atoms with van der Waals surface area (Å²) in [5.74, 6) is 1.08. The van der Waals surface area contributed by atoms with Gasteiger partial charge in [-0.2, -0.15) is 0 Å². The highest BCUT2D eigenvalue weighted by Crippen LogP contribution is 2.18. The van der Waals surface area contributed by atoms with E-state index >= 15 is 0 Å². The Balaban J connectivity index is 0.00000220. The maximum absolute atomic E-state index is 4.75. The van der Waals surface area contributed by atoms with Gasteiger partial charge in [0.15, 0.2) is 5.96 Å². The van der Waals surface area contributed by atoms with Crippen molar-refractivity contribution in [3.05, 3.63) is 15.6 Å². The average molecular weight is 422 g/mol. The molecular formula is C15H27IN4S. The third kappa shape index (κ3) is 5.39. The molecule has 0 bridgehead atoms. The van der Waals surface area contributed by atoms with Crippen molar-refractivity contribution in [1.29, 1.82) is 0 Å². The summed E-state index contributed by atoms with van der Waals surface area (Å²) >= 11 is 1.82. The lowest BCUT2D eigenvalue weighted by atomic mass is 10.3. The van der Waals surface area contributed by atoms with E-state index in [-0.39, 0.29) is 24.0 Å².